The first-order valence-electron chi connectivity index (χ1n) is 8.56. The number of aromatic nitrogens is 3. The van der Waals surface area contributed by atoms with Crippen molar-refractivity contribution in [3.63, 3.8) is 0 Å². The molecule has 0 aromatic carbocycles. The minimum Gasteiger partial charge on any atom is -0.443 e. The SMILES string of the molecule is CCc1cc(-c2cnco2)c2ncc(C(=O)N3C[C@@H]4C[C@H]3CO4)n2c1. The molecule has 0 aliphatic carbocycles. The van der Waals surface area contributed by atoms with E-state index in [0.29, 0.717) is 30.3 Å². The van der Waals surface area contributed by atoms with Gasteiger partial charge < -0.3 is 14.1 Å². The summed E-state index contributed by atoms with van der Waals surface area (Å²) in [5.41, 5.74) is 3.25. The molecule has 2 atom stereocenters. The monoisotopic (exact) mass is 338 g/mol. The number of imidazole rings is 1. The molecule has 3 aromatic rings. The Labute approximate surface area is 144 Å². The van der Waals surface area contributed by atoms with Crippen LogP contribution in [0.15, 0.2) is 35.5 Å². The van der Waals surface area contributed by atoms with Crippen LogP contribution in [0.1, 0.15) is 29.4 Å². The molecule has 2 saturated heterocycles. The highest BCUT2D eigenvalue weighted by atomic mass is 16.5. The number of fused-ring (bicyclic) bond motifs is 3. The molecule has 7 heteroatoms. The lowest BCUT2D eigenvalue weighted by molar-refractivity contribution is 0.0255. The van der Waals surface area contributed by atoms with Gasteiger partial charge in [-0.25, -0.2) is 9.97 Å². The molecular weight excluding hydrogens is 320 g/mol. The molecular formula is C18H18N4O3. The van der Waals surface area contributed by atoms with Gasteiger partial charge in [-0.15, -0.1) is 0 Å². The van der Waals surface area contributed by atoms with E-state index in [9.17, 15) is 4.79 Å². The van der Waals surface area contributed by atoms with E-state index in [1.54, 1.807) is 12.4 Å². The van der Waals surface area contributed by atoms with Crippen LogP contribution in [0.25, 0.3) is 17.0 Å². The topological polar surface area (TPSA) is 72.9 Å². The summed E-state index contributed by atoms with van der Waals surface area (Å²) in [6, 6.07) is 2.23. The van der Waals surface area contributed by atoms with Gasteiger partial charge in [-0.3, -0.25) is 9.20 Å². The Morgan fingerprint density at radius 3 is 3.00 bits per heavy atom. The summed E-state index contributed by atoms with van der Waals surface area (Å²) in [5.74, 6) is 0.665. The van der Waals surface area contributed by atoms with Crippen molar-refractivity contribution in [2.24, 2.45) is 0 Å². The molecule has 0 N–H and O–H groups in total. The molecule has 128 valence electrons. The molecule has 0 spiro atoms. The summed E-state index contributed by atoms with van der Waals surface area (Å²) in [4.78, 5) is 23.5. The molecule has 2 fully saturated rings. The van der Waals surface area contributed by atoms with Gasteiger partial charge in [-0.2, -0.15) is 0 Å². The zero-order valence-electron chi connectivity index (χ0n) is 13.9. The molecule has 3 aromatic heterocycles. The maximum atomic E-state index is 13.1. The summed E-state index contributed by atoms with van der Waals surface area (Å²) < 4.78 is 12.9. The van der Waals surface area contributed by atoms with Crippen molar-refractivity contribution in [3.8, 4) is 11.3 Å². The first kappa shape index (κ1) is 14.7. The molecule has 1 amide bonds. The summed E-state index contributed by atoms with van der Waals surface area (Å²) in [5, 5.41) is 0. The van der Waals surface area contributed by atoms with Crippen LogP contribution in [0, 0.1) is 0 Å². The van der Waals surface area contributed by atoms with Crippen LogP contribution in [-0.4, -0.2) is 50.5 Å². The van der Waals surface area contributed by atoms with Crippen LogP contribution in [-0.2, 0) is 11.2 Å². The highest BCUT2D eigenvalue weighted by Gasteiger charge is 2.42. The van der Waals surface area contributed by atoms with Crippen molar-refractivity contribution in [2.45, 2.75) is 31.9 Å². The van der Waals surface area contributed by atoms with Gasteiger partial charge in [-0.1, -0.05) is 6.92 Å². The summed E-state index contributed by atoms with van der Waals surface area (Å²) in [6.07, 6.45) is 8.69. The fraction of sp³-hybridized carbons (Fsp3) is 0.389. The van der Waals surface area contributed by atoms with Crippen LogP contribution in [0.2, 0.25) is 0 Å². The van der Waals surface area contributed by atoms with E-state index in [2.05, 4.69) is 16.9 Å². The van der Waals surface area contributed by atoms with E-state index >= 15 is 0 Å². The maximum absolute atomic E-state index is 13.1. The highest BCUT2D eigenvalue weighted by Crippen LogP contribution is 2.31. The number of likely N-dealkylation sites (tertiary alicyclic amines) is 1. The van der Waals surface area contributed by atoms with Gasteiger partial charge in [0.2, 0.25) is 0 Å². The lowest BCUT2D eigenvalue weighted by Crippen LogP contribution is -2.41. The minimum atomic E-state index is 0.0140. The first-order valence-corrected chi connectivity index (χ1v) is 8.56. The zero-order chi connectivity index (χ0) is 17.0. The number of hydrogen-bond acceptors (Lipinski definition) is 5. The number of ether oxygens (including phenoxy) is 1. The second-order valence-electron chi connectivity index (χ2n) is 6.62. The Bertz CT molecular complexity index is 947. The predicted octanol–water partition coefficient (Wildman–Crippen LogP) is 2.17. The Kier molecular flexibility index (Phi) is 3.18. The third kappa shape index (κ3) is 2.19. The van der Waals surface area contributed by atoms with Crippen molar-refractivity contribution in [3.05, 3.63) is 42.3 Å². The van der Waals surface area contributed by atoms with Crippen LogP contribution in [0.3, 0.4) is 0 Å². The third-order valence-electron chi connectivity index (χ3n) is 5.15. The normalized spacial score (nSPS) is 22.2. The van der Waals surface area contributed by atoms with E-state index in [0.717, 1.165) is 24.0 Å². The third-order valence-corrected chi connectivity index (χ3v) is 5.15. The fourth-order valence-corrected chi connectivity index (χ4v) is 3.82. The van der Waals surface area contributed by atoms with Gasteiger partial charge in [-0.05, 0) is 24.5 Å². The average molecular weight is 338 g/mol. The molecule has 7 nitrogen and oxygen atoms in total. The average Bonchev–Trinajstić information content (AvgIpc) is 3.43. The van der Waals surface area contributed by atoms with Gasteiger partial charge in [0.05, 0.1) is 36.7 Å². The molecule has 0 unspecified atom stereocenters. The van der Waals surface area contributed by atoms with Crippen LogP contribution < -0.4 is 0 Å². The van der Waals surface area contributed by atoms with Gasteiger partial charge >= 0.3 is 0 Å². The molecule has 25 heavy (non-hydrogen) atoms. The second kappa shape index (κ2) is 5.42. The number of pyridine rings is 1. The van der Waals surface area contributed by atoms with Crippen molar-refractivity contribution in [1.82, 2.24) is 19.3 Å². The van der Waals surface area contributed by atoms with Crippen LogP contribution >= 0.6 is 0 Å². The Morgan fingerprint density at radius 2 is 2.32 bits per heavy atom. The predicted molar refractivity (Wildman–Crippen MR) is 89.2 cm³/mol. The Hall–Kier alpha value is -2.67. The van der Waals surface area contributed by atoms with E-state index in [1.165, 1.54) is 6.39 Å². The van der Waals surface area contributed by atoms with Crippen LogP contribution in [0.5, 0.6) is 0 Å². The standard InChI is InChI=1S/C18H18N4O3/c1-2-11-3-14(16-6-19-10-25-16)17-20-5-15(22(17)7-11)18(23)21-8-13-4-12(21)9-24-13/h3,5-7,10,12-13H,2,4,8-9H2,1H3/t12-,13-/m0/s1. The Balaban J connectivity index is 1.62. The van der Waals surface area contributed by atoms with Crippen molar-refractivity contribution in [1.29, 1.82) is 0 Å². The number of carbonyl (C=O) groups excluding carboxylic acids is 1. The molecule has 2 bridgehead atoms. The van der Waals surface area contributed by atoms with Crippen LogP contribution in [0.4, 0.5) is 0 Å². The zero-order valence-corrected chi connectivity index (χ0v) is 13.9. The van der Waals surface area contributed by atoms with Gasteiger partial charge in [0, 0.05) is 12.7 Å². The van der Waals surface area contributed by atoms with Crippen molar-refractivity contribution >= 4 is 11.6 Å². The minimum absolute atomic E-state index is 0.0140. The lowest BCUT2D eigenvalue weighted by atomic mass is 10.1. The second-order valence-corrected chi connectivity index (χ2v) is 6.62. The number of nitrogens with zero attached hydrogens (tertiary/aromatic N) is 4. The number of aryl methyl sites for hydroxylation is 1. The smallest absolute Gasteiger partial charge is 0.272 e. The quantitative estimate of drug-likeness (QED) is 0.732. The van der Waals surface area contributed by atoms with Gasteiger partial charge in [0.1, 0.15) is 11.3 Å². The summed E-state index contributed by atoms with van der Waals surface area (Å²) >= 11 is 0. The fourth-order valence-electron chi connectivity index (χ4n) is 3.82. The molecule has 2 aliphatic rings. The van der Waals surface area contributed by atoms with E-state index in [4.69, 9.17) is 9.15 Å². The van der Waals surface area contributed by atoms with Gasteiger partial charge in [0.25, 0.3) is 5.91 Å². The summed E-state index contributed by atoms with van der Waals surface area (Å²) in [6.45, 7) is 3.39. The molecule has 2 aliphatic heterocycles. The van der Waals surface area contributed by atoms with Crippen molar-refractivity contribution in [2.75, 3.05) is 13.2 Å². The first-order chi connectivity index (χ1) is 12.2. The molecule has 0 radical (unpaired) electrons. The number of rotatable bonds is 3. The number of morpholine rings is 1. The molecule has 5 rings (SSSR count). The molecule has 5 heterocycles. The summed E-state index contributed by atoms with van der Waals surface area (Å²) in [7, 11) is 0. The van der Waals surface area contributed by atoms with Gasteiger partial charge in [0.15, 0.2) is 12.2 Å². The Morgan fingerprint density at radius 1 is 1.40 bits per heavy atom. The van der Waals surface area contributed by atoms with E-state index < -0.39 is 0 Å². The number of amides is 1. The van der Waals surface area contributed by atoms with E-state index in [-0.39, 0.29) is 18.1 Å². The number of carbonyl (C=O) groups is 1. The maximum Gasteiger partial charge on any atom is 0.272 e. The van der Waals surface area contributed by atoms with Crippen molar-refractivity contribution < 1.29 is 13.9 Å². The highest BCUT2D eigenvalue weighted by molar-refractivity contribution is 5.94. The number of oxazole rings is 1. The lowest BCUT2D eigenvalue weighted by Gasteiger charge is -2.26. The molecule has 0 saturated carbocycles. The number of hydrogen-bond donors (Lipinski definition) is 0. The van der Waals surface area contributed by atoms with E-state index in [1.807, 2.05) is 21.6 Å². The largest absolute Gasteiger partial charge is 0.443 e.